The van der Waals surface area contributed by atoms with Crippen LogP contribution in [0.2, 0.25) is 0 Å². The molecule has 0 saturated carbocycles. The number of amides is 1. The van der Waals surface area contributed by atoms with Gasteiger partial charge >= 0.3 is 0 Å². The Morgan fingerprint density at radius 2 is 1.86 bits per heavy atom. The third kappa shape index (κ3) is 4.24. The summed E-state index contributed by atoms with van der Waals surface area (Å²) in [5, 5.41) is 2.95. The zero-order chi connectivity index (χ0) is 19.3. The molecule has 1 saturated heterocycles. The second kappa shape index (κ2) is 8.54. The molecular formula is C22H20BrN3O2. The van der Waals surface area contributed by atoms with Gasteiger partial charge in [0.15, 0.2) is 0 Å². The van der Waals surface area contributed by atoms with Crippen molar-refractivity contribution in [2.24, 2.45) is 0 Å². The Morgan fingerprint density at radius 3 is 2.64 bits per heavy atom. The Morgan fingerprint density at radius 1 is 1.07 bits per heavy atom. The van der Waals surface area contributed by atoms with Crippen molar-refractivity contribution in [3.63, 3.8) is 0 Å². The zero-order valence-electron chi connectivity index (χ0n) is 15.2. The van der Waals surface area contributed by atoms with Gasteiger partial charge in [-0.2, -0.15) is 0 Å². The van der Waals surface area contributed by atoms with E-state index in [1.54, 1.807) is 12.3 Å². The molecule has 142 valence electrons. The maximum Gasteiger partial charge on any atom is 0.259 e. The topological polar surface area (TPSA) is 54.5 Å². The van der Waals surface area contributed by atoms with Crippen molar-refractivity contribution < 1.29 is 9.53 Å². The second-order valence-corrected chi connectivity index (χ2v) is 7.47. The molecule has 0 aliphatic carbocycles. The number of halogens is 1. The standard InChI is InChI=1S/C22H20BrN3O2/c23-17-8-10-18(11-9-17)25-22(27)19-7-4-12-24-21(19)26-13-14-28-20(15-26)16-5-2-1-3-6-16/h1-12,20H,13-15H2,(H,25,27)/t20-/m1/s1. The molecule has 0 radical (unpaired) electrons. The van der Waals surface area contributed by atoms with Crippen LogP contribution >= 0.6 is 15.9 Å². The highest BCUT2D eigenvalue weighted by Gasteiger charge is 2.26. The number of benzene rings is 2. The summed E-state index contributed by atoms with van der Waals surface area (Å²) in [4.78, 5) is 19.5. The molecule has 3 aromatic rings. The fourth-order valence-corrected chi connectivity index (χ4v) is 3.53. The summed E-state index contributed by atoms with van der Waals surface area (Å²) in [6, 6.07) is 21.2. The van der Waals surface area contributed by atoms with E-state index in [4.69, 9.17) is 4.74 Å². The van der Waals surface area contributed by atoms with Crippen LogP contribution in [-0.2, 0) is 4.74 Å². The molecule has 28 heavy (non-hydrogen) atoms. The fraction of sp³-hybridized carbons (Fsp3) is 0.182. The largest absolute Gasteiger partial charge is 0.370 e. The van der Waals surface area contributed by atoms with Crippen LogP contribution in [0.3, 0.4) is 0 Å². The lowest BCUT2D eigenvalue weighted by Crippen LogP contribution is -2.39. The van der Waals surface area contributed by atoms with Crippen LogP contribution in [0.1, 0.15) is 22.0 Å². The van der Waals surface area contributed by atoms with Crippen LogP contribution in [0.4, 0.5) is 11.5 Å². The lowest BCUT2D eigenvalue weighted by molar-refractivity contribution is 0.0394. The summed E-state index contributed by atoms with van der Waals surface area (Å²) >= 11 is 3.40. The van der Waals surface area contributed by atoms with Gasteiger partial charge in [0.05, 0.1) is 12.2 Å². The van der Waals surface area contributed by atoms with E-state index >= 15 is 0 Å². The number of morpholine rings is 1. The molecule has 1 amide bonds. The first-order chi connectivity index (χ1) is 13.7. The molecule has 0 spiro atoms. The minimum absolute atomic E-state index is 0.0423. The first kappa shape index (κ1) is 18.7. The molecule has 1 aliphatic heterocycles. The lowest BCUT2D eigenvalue weighted by atomic mass is 10.1. The molecule has 6 heteroatoms. The molecule has 1 atom stereocenters. The summed E-state index contributed by atoms with van der Waals surface area (Å²) in [5.74, 6) is 0.509. The van der Waals surface area contributed by atoms with Crippen molar-refractivity contribution >= 4 is 33.3 Å². The minimum atomic E-state index is -0.173. The zero-order valence-corrected chi connectivity index (χ0v) is 16.8. The van der Waals surface area contributed by atoms with Crippen LogP contribution in [0, 0.1) is 0 Å². The molecule has 1 N–H and O–H groups in total. The normalized spacial score (nSPS) is 16.6. The van der Waals surface area contributed by atoms with Crippen molar-refractivity contribution in [2.45, 2.75) is 6.10 Å². The van der Waals surface area contributed by atoms with E-state index in [-0.39, 0.29) is 12.0 Å². The molecule has 1 aliphatic rings. The fourth-order valence-electron chi connectivity index (χ4n) is 3.27. The van der Waals surface area contributed by atoms with Gasteiger partial charge in [0.2, 0.25) is 0 Å². The van der Waals surface area contributed by atoms with Crippen molar-refractivity contribution in [3.05, 3.63) is 88.5 Å². The molecule has 2 heterocycles. The Balaban J connectivity index is 1.55. The number of nitrogens with one attached hydrogen (secondary N) is 1. The van der Waals surface area contributed by atoms with Crippen molar-refractivity contribution in [2.75, 3.05) is 29.9 Å². The van der Waals surface area contributed by atoms with Gasteiger partial charge in [-0.3, -0.25) is 4.79 Å². The Hall–Kier alpha value is -2.70. The SMILES string of the molecule is O=C(Nc1ccc(Br)cc1)c1cccnc1N1CCO[C@@H](c2ccccc2)C1. The average molecular weight is 438 g/mol. The summed E-state index contributed by atoms with van der Waals surface area (Å²) < 4.78 is 6.91. The lowest BCUT2D eigenvalue weighted by Gasteiger charge is -2.34. The van der Waals surface area contributed by atoms with Crippen LogP contribution in [-0.4, -0.2) is 30.6 Å². The molecule has 0 bridgehead atoms. The predicted molar refractivity (Wildman–Crippen MR) is 114 cm³/mol. The van der Waals surface area contributed by atoms with Crippen molar-refractivity contribution in [1.29, 1.82) is 0 Å². The highest BCUT2D eigenvalue weighted by molar-refractivity contribution is 9.10. The third-order valence-corrected chi connectivity index (χ3v) is 5.20. The molecule has 0 unspecified atom stereocenters. The average Bonchev–Trinajstić information content (AvgIpc) is 2.76. The van der Waals surface area contributed by atoms with E-state index in [1.165, 1.54) is 0 Å². The van der Waals surface area contributed by atoms with E-state index in [1.807, 2.05) is 48.5 Å². The maximum atomic E-state index is 12.9. The van der Waals surface area contributed by atoms with Crippen LogP contribution in [0.15, 0.2) is 77.4 Å². The minimum Gasteiger partial charge on any atom is -0.370 e. The first-order valence-corrected chi connectivity index (χ1v) is 9.93. The maximum absolute atomic E-state index is 12.9. The summed E-state index contributed by atoms with van der Waals surface area (Å²) in [5.41, 5.74) is 2.43. The second-order valence-electron chi connectivity index (χ2n) is 6.55. The number of hydrogen-bond acceptors (Lipinski definition) is 4. The van der Waals surface area contributed by atoms with Crippen molar-refractivity contribution in [1.82, 2.24) is 4.98 Å². The van der Waals surface area contributed by atoms with Gasteiger partial charge in [0.1, 0.15) is 11.9 Å². The number of rotatable bonds is 4. The van der Waals surface area contributed by atoms with E-state index in [0.29, 0.717) is 31.1 Å². The number of aromatic nitrogens is 1. The first-order valence-electron chi connectivity index (χ1n) is 9.14. The third-order valence-electron chi connectivity index (χ3n) is 4.67. The summed E-state index contributed by atoms with van der Waals surface area (Å²) in [7, 11) is 0. The van der Waals surface area contributed by atoms with Gasteiger partial charge in [0.25, 0.3) is 5.91 Å². The smallest absolute Gasteiger partial charge is 0.259 e. The molecule has 4 rings (SSSR count). The van der Waals surface area contributed by atoms with Gasteiger partial charge in [-0.05, 0) is 42.0 Å². The van der Waals surface area contributed by atoms with Gasteiger partial charge in [0, 0.05) is 29.4 Å². The van der Waals surface area contributed by atoms with E-state index < -0.39 is 0 Å². The monoisotopic (exact) mass is 437 g/mol. The van der Waals surface area contributed by atoms with E-state index in [0.717, 1.165) is 15.7 Å². The predicted octanol–water partition coefficient (Wildman–Crippen LogP) is 4.67. The molecule has 2 aromatic carbocycles. The summed E-state index contributed by atoms with van der Waals surface area (Å²) in [6.07, 6.45) is 1.68. The molecule has 5 nitrogen and oxygen atoms in total. The number of pyridine rings is 1. The number of nitrogens with zero attached hydrogens (tertiary/aromatic N) is 2. The molecule has 1 aromatic heterocycles. The Labute approximate surface area is 172 Å². The molecular weight excluding hydrogens is 418 g/mol. The van der Waals surface area contributed by atoms with Crippen LogP contribution < -0.4 is 10.2 Å². The van der Waals surface area contributed by atoms with Crippen LogP contribution in [0.5, 0.6) is 0 Å². The quantitative estimate of drug-likeness (QED) is 0.643. The Bertz CT molecular complexity index is 948. The Kier molecular flexibility index (Phi) is 5.69. The van der Waals surface area contributed by atoms with Crippen LogP contribution in [0.25, 0.3) is 0 Å². The van der Waals surface area contributed by atoms with E-state index in [9.17, 15) is 4.79 Å². The van der Waals surface area contributed by atoms with Gasteiger partial charge < -0.3 is 15.0 Å². The number of anilines is 2. The number of hydrogen-bond donors (Lipinski definition) is 1. The summed E-state index contributed by atoms with van der Waals surface area (Å²) in [6.45, 7) is 1.93. The van der Waals surface area contributed by atoms with Gasteiger partial charge in [-0.15, -0.1) is 0 Å². The highest BCUT2D eigenvalue weighted by atomic mass is 79.9. The van der Waals surface area contributed by atoms with Gasteiger partial charge in [-0.25, -0.2) is 4.98 Å². The van der Waals surface area contributed by atoms with E-state index in [2.05, 4.69) is 43.3 Å². The van der Waals surface area contributed by atoms with Gasteiger partial charge in [-0.1, -0.05) is 46.3 Å². The molecule has 1 fully saturated rings. The number of carbonyl (C=O) groups excluding carboxylic acids is 1. The number of ether oxygens (including phenoxy) is 1. The number of carbonyl (C=O) groups is 1. The van der Waals surface area contributed by atoms with Crippen molar-refractivity contribution in [3.8, 4) is 0 Å². The highest BCUT2D eigenvalue weighted by Crippen LogP contribution is 2.27.